The van der Waals surface area contributed by atoms with Crippen LogP contribution in [0.1, 0.15) is 42.9 Å². The number of carbonyl (C=O) groups excluding carboxylic acids is 4. The van der Waals surface area contributed by atoms with Crippen LogP contribution in [-0.2, 0) is 32.1 Å². The number of ether oxygens (including phenoxy) is 1. The number of hydrogen-bond donors (Lipinski definition) is 6. The predicted molar refractivity (Wildman–Crippen MR) is 152 cm³/mol. The molecule has 0 aliphatic heterocycles. The number of rotatable bonds is 8. The highest BCUT2D eigenvalue weighted by atomic mass is 16.5. The minimum atomic E-state index is -2.72. The van der Waals surface area contributed by atoms with Gasteiger partial charge in [-0.15, -0.1) is 0 Å². The number of Topliss-reactive ketones (excluding diaryl/α,β-unsaturated/α-hetero) is 2. The highest BCUT2D eigenvalue weighted by Gasteiger charge is 2.64. The fourth-order valence-corrected chi connectivity index (χ4v) is 6.41. The van der Waals surface area contributed by atoms with E-state index in [0.29, 0.717) is 17.7 Å². The SMILES string of the molecule is CCCCOC(=O)NCc1cc(N(C)C)c2c(c1O)C(O)=C1C(=O)[C@]3(O)C(O)=C(C(N)=O)C(=O)[C@@H](N(C)C)[C@@H]3C[C@@H]1C2. The summed E-state index contributed by atoms with van der Waals surface area (Å²) in [6.07, 6.45) is 1.01. The summed E-state index contributed by atoms with van der Waals surface area (Å²) in [4.78, 5) is 54.8. The third-order valence-electron chi connectivity index (χ3n) is 8.41. The van der Waals surface area contributed by atoms with Crippen LogP contribution in [0.3, 0.4) is 0 Å². The van der Waals surface area contributed by atoms with E-state index in [4.69, 9.17) is 10.5 Å². The molecule has 1 saturated carbocycles. The quantitative estimate of drug-likeness (QED) is 0.188. The third-order valence-corrected chi connectivity index (χ3v) is 8.41. The van der Waals surface area contributed by atoms with Crippen molar-refractivity contribution in [1.82, 2.24) is 10.2 Å². The summed E-state index contributed by atoms with van der Waals surface area (Å²) in [6.45, 7) is 2.05. The summed E-state index contributed by atoms with van der Waals surface area (Å²) >= 11 is 0. The Morgan fingerprint density at radius 3 is 2.40 bits per heavy atom. The Morgan fingerprint density at radius 2 is 1.83 bits per heavy atom. The van der Waals surface area contributed by atoms with Crippen molar-refractivity contribution < 1.29 is 44.3 Å². The Hall–Kier alpha value is -4.10. The average molecular weight is 587 g/mol. The second-order valence-electron chi connectivity index (χ2n) is 11.5. The van der Waals surface area contributed by atoms with E-state index in [9.17, 15) is 39.6 Å². The van der Waals surface area contributed by atoms with Crippen LogP contribution in [0.25, 0.3) is 5.76 Å². The number of ketones is 2. The number of nitrogens with two attached hydrogens (primary N) is 1. The second kappa shape index (κ2) is 11.3. The molecule has 0 unspecified atom stereocenters. The van der Waals surface area contributed by atoms with Crippen LogP contribution in [0.2, 0.25) is 0 Å². The minimum absolute atomic E-state index is 0.00764. The molecule has 228 valence electrons. The molecule has 1 aromatic carbocycles. The van der Waals surface area contributed by atoms with Gasteiger partial charge in [0.1, 0.15) is 22.8 Å². The number of likely N-dealkylation sites (N-methyl/N-ethyl adjacent to an activating group) is 1. The lowest BCUT2D eigenvalue weighted by atomic mass is 9.57. The molecule has 4 atom stereocenters. The van der Waals surface area contributed by atoms with Gasteiger partial charge in [-0.05, 0) is 50.9 Å². The Morgan fingerprint density at radius 1 is 1.17 bits per heavy atom. The number of primary amides is 1. The number of carbonyl (C=O) groups is 4. The maximum absolute atomic E-state index is 14.0. The summed E-state index contributed by atoms with van der Waals surface area (Å²) in [7, 11) is 6.62. The first-order valence-corrected chi connectivity index (χ1v) is 13.8. The number of amides is 2. The number of aliphatic hydroxyl groups is 3. The molecule has 0 saturated heterocycles. The molecule has 1 fully saturated rings. The van der Waals surface area contributed by atoms with Crippen molar-refractivity contribution in [1.29, 1.82) is 0 Å². The number of alkyl carbamates (subject to hydrolysis) is 1. The second-order valence-corrected chi connectivity index (χ2v) is 11.5. The highest BCUT2D eigenvalue weighted by molar-refractivity contribution is 6.24. The van der Waals surface area contributed by atoms with Gasteiger partial charge in [0.25, 0.3) is 5.91 Å². The lowest BCUT2D eigenvalue weighted by Gasteiger charge is -2.50. The van der Waals surface area contributed by atoms with Crippen molar-refractivity contribution in [3.63, 3.8) is 0 Å². The number of hydrogen-bond acceptors (Lipinski definition) is 11. The van der Waals surface area contributed by atoms with Crippen molar-refractivity contribution >= 4 is 35.0 Å². The number of phenolic OH excluding ortho intramolecular Hbond substituents is 1. The lowest BCUT2D eigenvalue weighted by molar-refractivity contribution is -0.153. The van der Waals surface area contributed by atoms with Crippen LogP contribution in [0.15, 0.2) is 23.0 Å². The maximum atomic E-state index is 14.0. The Kier molecular flexibility index (Phi) is 8.29. The van der Waals surface area contributed by atoms with Gasteiger partial charge in [0, 0.05) is 43.4 Å². The van der Waals surface area contributed by atoms with E-state index in [-0.39, 0.29) is 48.4 Å². The number of fused-ring (bicyclic) bond motifs is 3. The zero-order chi connectivity index (χ0) is 31.3. The van der Waals surface area contributed by atoms with E-state index in [0.717, 1.165) is 6.42 Å². The molecule has 13 nitrogen and oxygen atoms in total. The van der Waals surface area contributed by atoms with Crippen LogP contribution >= 0.6 is 0 Å². The van der Waals surface area contributed by atoms with Crippen molar-refractivity contribution in [2.24, 2.45) is 17.6 Å². The van der Waals surface area contributed by atoms with Gasteiger partial charge in [0.2, 0.25) is 5.78 Å². The van der Waals surface area contributed by atoms with Crippen LogP contribution < -0.4 is 16.0 Å². The first-order chi connectivity index (χ1) is 19.7. The van der Waals surface area contributed by atoms with E-state index < -0.39 is 64.1 Å². The molecule has 0 bridgehead atoms. The molecule has 7 N–H and O–H groups in total. The molecule has 2 amide bonds. The summed E-state index contributed by atoms with van der Waals surface area (Å²) < 4.78 is 5.11. The third kappa shape index (κ3) is 4.75. The van der Waals surface area contributed by atoms with Gasteiger partial charge in [-0.3, -0.25) is 19.3 Å². The van der Waals surface area contributed by atoms with Crippen molar-refractivity contribution in [3.05, 3.63) is 39.7 Å². The molecule has 0 aromatic heterocycles. The van der Waals surface area contributed by atoms with Crippen molar-refractivity contribution in [2.45, 2.75) is 50.8 Å². The zero-order valence-corrected chi connectivity index (χ0v) is 24.4. The number of unbranched alkanes of at least 4 members (excludes halogenated alkanes) is 1. The summed E-state index contributed by atoms with van der Waals surface area (Å²) in [5, 5.41) is 48.1. The number of anilines is 1. The maximum Gasteiger partial charge on any atom is 0.407 e. The van der Waals surface area contributed by atoms with Crippen LogP contribution in [0.4, 0.5) is 10.5 Å². The summed E-state index contributed by atoms with van der Waals surface area (Å²) in [5.74, 6) is -7.15. The molecular weight excluding hydrogens is 548 g/mol. The van der Waals surface area contributed by atoms with Gasteiger partial charge < -0.3 is 41.1 Å². The lowest BCUT2D eigenvalue weighted by Crippen LogP contribution is -2.65. The average Bonchev–Trinajstić information content (AvgIpc) is 2.89. The predicted octanol–water partition coefficient (Wildman–Crippen LogP) is 1.06. The Balaban J connectivity index is 1.85. The largest absolute Gasteiger partial charge is 0.508 e. The van der Waals surface area contributed by atoms with E-state index >= 15 is 0 Å². The number of benzene rings is 1. The van der Waals surface area contributed by atoms with Gasteiger partial charge >= 0.3 is 6.09 Å². The van der Waals surface area contributed by atoms with E-state index in [1.54, 1.807) is 39.2 Å². The van der Waals surface area contributed by atoms with Gasteiger partial charge in [-0.1, -0.05) is 13.3 Å². The molecule has 0 spiro atoms. The minimum Gasteiger partial charge on any atom is -0.508 e. The molecule has 3 aliphatic rings. The van der Waals surface area contributed by atoms with Gasteiger partial charge in [0.15, 0.2) is 11.4 Å². The number of nitrogens with zero attached hydrogens (tertiary/aromatic N) is 2. The molecule has 3 aliphatic carbocycles. The number of phenols is 1. The normalized spacial score (nSPS) is 25.2. The highest BCUT2D eigenvalue weighted by Crippen LogP contribution is 2.54. The molecule has 0 radical (unpaired) electrons. The topological polar surface area (TPSA) is 203 Å². The molecule has 1 aromatic rings. The fourth-order valence-electron chi connectivity index (χ4n) is 6.41. The molecule has 42 heavy (non-hydrogen) atoms. The van der Waals surface area contributed by atoms with Crippen molar-refractivity contribution in [3.8, 4) is 5.75 Å². The molecule has 4 rings (SSSR count). The van der Waals surface area contributed by atoms with Crippen LogP contribution in [0.5, 0.6) is 5.75 Å². The summed E-state index contributed by atoms with van der Waals surface area (Å²) in [5.41, 5.74) is 2.87. The zero-order valence-electron chi connectivity index (χ0n) is 24.4. The van der Waals surface area contributed by atoms with Gasteiger partial charge in [0.05, 0.1) is 18.2 Å². The number of nitrogens with one attached hydrogen (secondary N) is 1. The standard InChI is InChI=1S/C29H38N4O9/c1-6-7-8-42-28(40)31-12-14-11-17(32(2)3)15-9-13-10-16-21(33(4)5)24(36)20(27(30)39)26(38)29(16,41)25(37)18(13)23(35)19(15)22(14)34/h11,13,16,21,34-35,38,41H,6-10,12H2,1-5H3,(H2,30,39)(H,31,40)/t13-,16-,21-,29-/m0/s1. The number of aliphatic hydroxyl groups excluding tert-OH is 2. The molecule has 13 heteroatoms. The molecular formula is C29H38N4O9. The van der Waals surface area contributed by atoms with Gasteiger partial charge in [-0.2, -0.15) is 0 Å². The number of aromatic hydroxyl groups is 1. The summed E-state index contributed by atoms with van der Waals surface area (Å²) in [6, 6.07) is 0.509. The van der Waals surface area contributed by atoms with Crippen LogP contribution in [-0.4, -0.2) is 95.3 Å². The Bertz CT molecular complexity index is 1410. The fraction of sp³-hybridized carbons (Fsp3) is 0.517. The monoisotopic (exact) mass is 586 g/mol. The smallest absolute Gasteiger partial charge is 0.407 e. The first kappa shape index (κ1) is 30.8. The first-order valence-electron chi connectivity index (χ1n) is 13.8. The van der Waals surface area contributed by atoms with E-state index in [2.05, 4.69) is 5.32 Å². The van der Waals surface area contributed by atoms with E-state index in [1.165, 1.54) is 4.90 Å². The van der Waals surface area contributed by atoms with Crippen molar-refractivity contribution in [2.75, 3.05) is 39.7 Å². The van der Waals surface area contributed by atoms with Gasteiger partial charge in [-0.25, -0.2) is 4.79 Å². The van der Waals surface area contributed by atoms with Crippen LogP contribution in [0, 0.1) is 11.8 Å². The Labute approximate surface area is 243 Å². The molecule has 0 heterocycles. The van der Waals surface area contributed by atoms with E-state index in [1.807, 2.05) is 6.92 Å².